The topological polar surface area (TPSA) is 110 Å². The van der Waals surface area contributed by atoms with Gasteiger partial charge >= 0.3 is 5.97 Å². The summed E-state index contributed by atoms with van der Waals surface area (Å²) < 4.78 is 35.6. The van der Waals surface area contributed by atoms with Crippen LogP contribution in [-0.4, -0.2) is 48.5 Å². The van der Waals surface area contributed by atoms with E-state index in [0.717, 1.165) is 5.56 Å². The van der Waals surface area contributed by atoms with Crippen molar-refractivity contribution >= 4 is 16.1 Å². The molecule has 31 heavy (non-hydrogen) atoms. The third kappa shape index (κ3) is 7.74. The van der Waals surface area contributed by atoms with Crippen molar-refractivity contribution < 1.29 is 32.3 Å². The van der Waals surface area contributed by atoms with Crippen molar-refractivity contribution in [3.8, 4) is 0 Å². The minimum Gasteiger partial charge on any atom is -0.456 e. The van der Waals surface area contributed by atoms with Crippen LogP contribution in [0, 0.1) is 6.92 Å². The highest BCUT2D eigenvalue weighted by molar-refractivity contribution is 7.86. The van der Waals surface area contributed by atoms with Gasteiger partial charge in [-0.1, -0.05) is 35.9 Å². The summed E-state index contributed by atoms with van der Waals surface area (Å²) in [5.74, 6) is -0.664. The first kappa shape index (κ1) is 25.0. The van der Waals surface area contributed by atoms with Crippen LogP contribution in [0.5, 0.6) is 0 Å². The van der Waals surface area contributed by atoms with Crippen LogP contribution in [0.2, 0.25) is 0 Å². The second-order valence-electron chi connectivity index (χ2n) is 8.50. The Bertz CT molecular complexity index is 959. The van der Waals surface area contributed by atoms with Gasteiger partial charge in [0.05, 0.1) is 22.7 Å². The first-order valence-electron chi connectivity index (χ1n) is 9.97. The summed E-state index contributed by atoms with van der Waals surface area (Å²) in [5, 5.41) is 21.0. The number of rotatable bonds is 10. The lowest BCUT2D eigenvalue weighted by atomic mass is 9.91. The molecule has 2 N–H and O–H groups in total. The van der Waals surface area contributed by atoms with Crippen molar-refractivity contribution in [1.29, 1.82) is 0 Å². The average Bonchev–Trinajstić information content (AvgIpc) is 2.70. The highest BCUT2D eigenvalue weighted by Gasteiger charge is 2.38. The van der Waals surface area contributed by atoms with Gasteiger partial charge in [0.25, 0.3) is 10.1 Å². The maximum absolute atomic E-state index is 12.5. The second kappa shape index (κ2) is 9.91. The average molecular weight is 451 g/mol. The lowest BCUT2D eigenvalue weighted by Gasteiger charge is -2.33. The molecule has 2 atom stereocenters. The molecule has 0 aromatic heterocycles. The molecule has 2 aromatic rings. The zero-order valence-corrected chi connectivity index (χ0v) is 19.1. The van der Waals surface area contributed by atoms with E-state index in [0.29, 0.717) is 5.56 Å². The monoisotopic (exact) mass is 450 g/mol. The number of ether oxygens (including phenoxy) is 1. The molecule has 2 aromatic carbocycles. The van der Waals surface area contributed by atoms with Gasteiger partial charge in [-0.2, -0.15) is 8.42 Å². The summed E-state index contributed by atoms with van der Waals surface area (Å²) in [5.41, 5.74) is -1.71. The summed E-state index contributed by atoms with van der Waals surface area (Å²) >= 11 is 0. The summed E-state index contributed by atoms with van der Waals surface area (Å²) in [4.78, 5) is 12.5. The van der Waals surface area contributed by atoms with Gasteiger partial charge < -0.3 is 14.9 Å². The van der Waals surface area contributed by atoms with Crippen LogP contribution in [-0.2, 0) is 19.0 Å². The molecule has 0 saturated heterocycles. The van der Waals surface area contributed by atoms with E-state index < -0.39 is 40.0 Å². The molecule has 8 heteroatoms. The Morgan fingerprint density at radius 3 is 2.13 bits per heavy atom. The third-order valence-corrected chi connectivity index (χ3v) is 6.06. The zero-order chi connectivity index (χ0) is 23.3. The lowest BCUT2D eigenvalue weighted by Crippen LogP contribution is -2.47. The normalized spacial score (nSPS) is 15.2. The van der Waals surface area contributed by atoms with Gasteiger partial charge in [-0.05, 0) is 64.8 Å². The number of hydrogen-bond donors (Lipinski definition) is 2. The van der Waals surface area contributed by atoms with Gasteiger partial charge in [0.15, 0.2) is 0 Å². The lowest BCUT2D eigenvalue weighted by molar-refractivity contribution is -0.102. The molecule has 0 spiro atoms. The van der Waals surface area contributed by atoms with Crippen molar-refractivity contribution in [3.05, 3.63) is 65.7 Å². The molecule has 0 amide bonds. The fraction of sp³-hybridized carbons (Fsp3) is 0.435. The molecule has 2 rings (SSSR count). The number of carbonyl (C=O) groups is 1. The van der Waals surface area contributed by atoms with Gasteiger partial charge in [-0.25, -0.2) is 4.79 Å². The Labute approximate surface area is 183 Å². The minimum absolute atomic E-state index is 0.0387. The first-order chi connectivity index (χ1) is 14.3. The highest BCUT2D eigenvalue weighted by atomic mass is 32.2. The van der Waals surface area contributed by atoms with Crippen LogP contribution >= 0.6 is 0 Å². The largest absolute Gasteiger partial charge is 0.456 e. The third-order valence-electron chi connectivity index (χ3n) is 4.79. The van der Waals surface area contributed by atoms with Gasteiger partial charge in [0, 0.05) is 0 Å². The van der Waals surface area contributed by atoms with E-state index in [1.807, 2.05) is 6.92 Å². The predicted octanol–water partition coefficient (Wildman–Crippen LogP) is 3.23. The highest BCUT2D eigenvalue weighted by Crippen LogP contribution is 2.25. The Morgan fingerprint density at radius 2 is 1.58 bits per heavy atom. The summed E-state index contributed by atoms with van der Waals surface area (Å²) in [6.45, 7) is 5.73. The number of hydrogen-bond acceptors (Lipinski definition) is 7. The van der Waals surface area contributed by atoms with E-state index in [2.05, 4.69) is 0 Å². The van der Waals surface area contributed by atoms with Crippen LogP contribution < -0.4 is 0 Å². The Kier molecular flexibility index (Phi) is 7.99. The number of aliphatic hydroxyl groups is 2. The SMILES string of the molecule is Cc1ccc(S(=O)(=O)OC[C@](C)(O)[C@H](CCC(C)(C)O)OC(=O)c2ccccc2)cc1. The van der Waals surface area contributed by atoms with E-state index >= 15 is 0 Å². The summed E-state index contributed by atoms with van der Waals surface area (Å²) in [6, 6.07) is 14.4. The Balaban J connectivity index is 2.17. The van der Waals surface area contributed by atoms with Crippen molar-refractivity contribution in [1.82, 2.24) is 0 Å². The first-order valence-corrected chi connectivity index (χ1v) is 11.4. The number of esters is 1. The standard InChI is InChI=1S/C23H30O7S/c1-17-10-12-19(13-11-17)31(27,28)29-16-23(4,26)20(14-15-22(2,3)25)30-21(24)18-8-6-5-7-9-18/h5-13,20,25-26H,14-16H2,1-4H3/t20-,23-/m0/s1. The van der Waals surface area contributed by atoms with E-state index in [1.54, 1.807) is 56.3 Å². The van der Waals surface area contributed by atoms with E-state index in [-0.39, 0.29) is 17.7 Å². The van der Waals surface area contributed by atoms with E-state index in [9.17, 15) is 23.4 Å². The van der Waals surface area contributed by atoms with Gasteiger partial charge in [0.1, 0.15) is 11.7 Å². The van der Waals surface area contributed by atoms with Crippen LogP contribution in [0.3, 0.4) is 0 Å². The molecular weight excluding hydrogens is 420 g/mol. The second-order valence-corrected chi connectivity index (χ2v) is 10.1. The van der Waals surface area contributed by atoms with Gasteiger partial charge in [0.2, 0.25) is 0 Å². The van der Waals surface area contributed by atoms with Crippen LogP contribution in [0.4, 0.5) is 0 Å². The quantitative estimate of drug-likeness (QED) is 0.422. The molecular formula is C23H30O7S. The van der Waals surface area contributed by atoms with Crippen LogP contribution in [0.25, 0.3) is 0 Å². The number of aryl methyl sites for hydroxylation is 1. The van der Waals surface area contributed by atoms with Gasteiger partial charge in [-0.15, -0.1) is 0 Å². The fourth-order valence-corrected chi connectivity index (χ4v) is 3.81. The summed E-state index contributed by atoms with van der Waals surface area (Å²) in [6.07, 6.45) is -0.802. The molecule has 0 aliphatic heterocycles. The molecule has 170 valence electrons. The molecule has 7 nitrogen and oxygen atoms in total. The molecule has 0 bridgehead atoms. The van der Waals surface area contributed by atoms with E-state index in [1.165, 1.54) is 19.1 Å². The number of carbonyl (C=O) groups excluding carboxylic acids is 1. The Hall–Kier alpha value is -2.26. The van der Waals surface area contributed by atoms with Crippen molar-refractivity contribution in [3.63, 3.8) is 0 Å². The maximum atomic E-state index is 12.5. The maximum Gasteiger partial charge on any atom is 0.338 e. The van der Waals surface area contributed by atoms with Gasteiger partial charge in [-0.3, -0.25) is 4.18 Å². The molecule has 0 aliphatic rings. The fourth-order valence-electron chi connectivity index (χ4n) is 2.82. The Morgan fingerprint density at radius 1 is 1.00 bits per heavy atom. The minimum atomic E-state index is -4.12. The molecule has 0 aliphatic carbocycles. The van der Waals surface area contributed by atoms with Crippen LogP contribution in [0.15, 0.2) is 59.5 Å². The molecule has 0 heterocycles. The van der Waals surface area contributed by atoms with Crippen molar-refractivity contribution in [2.75, 3.05) is 6.61 Å². The number of benzene rings is 2. The van der Waals surface area contributed by atoms with Crippen LogP contribution in [0.1, 0.15) is 49.5 Å². The molecule has 0 radical (unpaired) electrons. The molecule has 0 fully saturated rings. The summed E-state index contributed by atoms with van der Waals surface area (Å²) in [7, 11) is -4.12. The smallest absolute Gasteiger partial charge is 0.338 e. The molecule has 0 unspecified atom stereocenters. The zero-order valence-electron chi connectivity index (χ0n) is 18.2. The predicted molar refractivity (Wildman–Crippen MR) is 116 cm³/mol. The van der Waals surface area contributed by atoms with Crippen molar-refractivity contribution in [2.45, 2.75) is 62.7 Å². The van der Waals surface area contributed by atoms with Crippen molar-refractivity contribution in [2.24, 2.45) is 0 Å². The van der Waals surface area contributed by atoms with E-state index in [4.69, 9.17) is 8.92 Å². The molecule has 0 saturated carbocycles.